The normalized spacial score (nSPS) is 17.4. The van der Waals surface area contributed by atoms with Crippen LogP contribution in [0.4, 0.5) is 0 Å². The molecule has 0 aliphatic carbocycles. The maximum atomic E-state index is 11.8. The number of nitrogens with zero attached hydrogens (tertiary/aromatic N) is 2. The summed E-state index contributed by atoms with van der Waals surface area (Å²) in [5.41, 5.74) is 1.17. The zero-order valence-corrected chi connectivity index (χ0v) is 18.1. The highest BCUT2D eigenvalue weighted by atomic mass is 127. The Bertz CT molecular complexity index is 550. The summed E-state index contributed by atoms with van der Waals surface area (Å²) in [5, 5.41) is 6.72. The Hall–Kier alpha value is -0.830. The van der Waals surface area contributed by atoms with Gasteiger partial charge in [-0.15, -0.1) is 24.0 Å². The van der Waals surface area contributed by atoms with E-state index < -0.39 is 0 Å². The maximum absolute atomic E-state index is 11.8. The highest BCUT2D eigenvalue weighted by Crippen LogP contribution is 2.12. The molecule has 0 radical (unpaired) electrons. The fourth-order valence-electron chi connectivity index (χ4n) is 2.60. The molecule has 1 aromatic rings. The van der Waals surface area contributed by atoms with Crippen molar-refractivity contribution in [3.05, 3.63) is 34.3 Å². The average molecular weight is 509 g/mol. The fraction of sp³-hybridized carbons (Fsp3) is 0.529. The summed E-state index contributed by atoms with van der Waals surface area (Å²) in [6.45, 7) is 7.00. The average Bonchev–Trinajstić information content (AvgIpc) is 3.02. The van der Waals surface area contributed by atoms with Crippen molar-refractivity contribution in [3.63, 3.8) is 0 Å². The van der Waals surface area contributed by atoms with Crippen LogP contribution < -0.4 is 10.6 Å². The highest BCUT2D eigenvalue weighted by molar-refractivity contribution is 14.0. The standard InChI is InChI=1S/C17H25BrN4O.HI/c1-3-16(23)22-10-9-15(12-22)21-17(19-4-2)20-11-13-5-7-14(18)8-6-13;/h5-8,15H,3-4,9-12H2,1-2H3,(H2,19,20,21);1H. The van der Waals surface area contributed by atoms with Crippen molar-refractivity contribution in [3.8, 4) is 0 Å². The van der Waals surface area contributed by atoms with E-state index in [1.807, 2.05) is 24.0 Å². The number of guanidine groups is 1. The van der Waals surface area contributed by atoms with E-state index >= 15 is 0 Å². The largest absolute Gasteiger partial charge is 0.357 e. The number of rotatable bonds is 5. The Morgan fingerprint density at radius 1 is 1.33 bits per heavy atom. The van der Waals surface area contributed by atoms with Crippen LogP contribution in [0.2, 0.25) is 0 Å². The molecule has 0 saturated carbocycles. The Morgan fingerprint density at radius 2 is 2.04 bits per heavy atom. The zero-order chi connectivity index (χ0) is 16.7. The van der Waals surface area contributed by atoms with Crippen molar-refractivity contribution < 1.29 is 4.79 Å². The summed E-state index contributed by atoms with van der Waals surface area (Å²) >= 11 is 3.44. The molecule has 0 bridgehead atoms. The number of likely N-dealkylation sites (tertiary alicyclic amines) is 1. The first-order chi connectivity index (χ1) is 11.1. The van der Waals surface area contributed by atoms with Gasteiger partial charge in [-0.1, -0.05) is 35.0 Å². The Balaban J connectivity index is 0.00000288. The molecule has 5 nitrogen and oxygen atoms in total. The summed E-state index contributed by atoms with van der Waals surface area (Å²) < 4.78 is 1.07. The first kappa shape index (κ1) is 21.2. The zero-order valence-electron chi connectivity index (χ0n) is 14.2. The number of nitrogens with one attached hydrogen (secondary N) is 2. The number of benzene rings is 1. The lowest BCUT2D eigenvalue weighted by molar-refractivity contribution is -0.129. The van der Waals surface area contributed by atoms with E-state index in [2.05, 4.69) is 50.6 Å². The minimum absolute atomic E-state index is 0. The molecule has 134 valence electrons. The maximum Gasteiger partial charge on any atom is 0.222 e. The van der Waals surface area contributed by atoms with Gasteiger partial charge in [-0.05, 0) is 31.0 Å². The predicted molar refractivity (Wildman–Crippen MR) is 113 cm³/mol. The molecule has 7 heteroatoms. The predicted octanol–water partition coefficient (Wildman–Crippen LogP) is 3.13. The van der Waals surface area contributed by atoms with Gasteiger partial charge in [0.1, 0.15) is 0 Å². The lowest BCUT2D eigenvalue weighted by Gasteiger charge is -2.18. The Morgan fingerprint density at radius 3 is 2.67 bits per heavy atom. The van der Waals surface area contributed by atoms with Gasteiger partial charge in [-0.25, -0.2) is 4.99 Å². The molecule has 1 aliphatic rings. The van der Waals surface area contributed by atoms with E-state index in [1.54, 1.807) is 0 Å². The Labute approximate surface area is 169 Å². The van der Waals surface area contributed by atoms with Crippen molar-refractivity contribution in [1.82, 2.24) is 15.5 Å². The van der Waals surface area contributed by atoms with E-state index in [0.717, 1.165) is 36.5 Å². The van der Waals surface area contributed by atoms with Crippen LogP contribution in [-0.4, -0.2) is 42.4 Å². The number of hydrogen-bond donors (Lipinski definition) is 2. The molecular weight excluding hydrogens is 483 g/mol. The molecule has 24 heavy (non-hydrogen) atoms. The summed E-state index contributed by atoms with van der Waals surface area (Å²) in [7, 11) is 0. The van der Waals surface area contributed by atoms with Crippen LogP contribution in [0.5, 0.6) is 0 Å². The molecule has 0 spiro atoms. The lowest BCUT2D eigenvalue weighted by Crippen LogP contribution is -2.45. The molecule has 1 heterocycles. The first-order valence-corrected chi connectivity index (χ1v) is 8.98. The number of carbonyl (C=O) groups excluding carboxylic acids is 1. The summed E-state index contributed by atoms with van der Waals surface area (Å²) in [5.74, 6) is 1.04. The quantitative estimate of drug-likeness (QED) is 0.365. The first-order valence-electron chi connectivity index (χ1n) is 8.19. The van der Waals surface area contributed by atoms with Gasteiger partial charge < -0.3 is 15.5 Å². The third kappa shape index (κ3) is 6.58. The number of carbonyl (C=O) groups is 1. The van der Waals surface area contributed by atoms with E-state index in [0.29, 0.717) is 13.0 Å². The molecule has 0 aromatic heterocycles. The SMILES string of the molecule is CCNC(=NCc1ccc(Br)cc1)NC1CCN(C(=O)CC)C1.I. The molecule has 1 aliphatic heterocycles. The van der Waals surface area contributed by atoms with E-state index in [-0.39, 0.29) is 35.9 Å². The van der Waals surface area contributed by atoms with Crippen LogP contribution in [0.3, 0.4) is 0 Å². The van der Waals surface area contributed by atoms with Crippen molar-refractivity contribution in [2.45, 2.75) is 39.3 Å². The fourth-order valence-corrected chi connectivity index (χ4v) is 2.87. The van der Waals surface area contributed by atoms with E-state index in [9.17, 15) is 4.79 Å². The van der Waals surface area contributed by atoms with Crippen LogP contribution in [0.25, 0.3) is 0 Å². The Kier molecular flexibility index (Phi) is 9.65. The minimum atomic E-state index is 0. The second-order valence-corrected chi connectivity index (χ2v) is 6.56. The lowest BCUT2D eigenvalue weighted by atomic mass is 10.2. The van der Waals surface area contributed by atoms with Gasteiger partial charge >= 0.3 is 0 Å². The molecule has 1 saturated heterocycles. The molecule has 2 rings (SSSR count). The van der Waals surface area contributed by atoms with Crippen molar-refractivity contribution in [1.29, 1.82) is 0 Å². The third-order valence-corrected chi connectivity index (χ3v) is 4.39. The van der Waals surface area contributed by atoms with Crippen LogP contribution in [-0.2, 0) is 11.3 Å². The van der Waals surface area contributed by atoms with Crippen LogP contribution in [0.15, 0.2) is 33.7 Å². The topological polar surface area (TPSA) is 56.7 Å². The van der Waals surface area contributed by atoms with Crippen molar-refractivity contribution in [2.24, 2.45) is 4.99 Å². The van der Waals surface area contributed by atoms with E-state index in [4.69, 9.17) is 0 Å². The number of aliphatic imine (C=N–C) groups is 1. The third-order valence-electron chi connectivity index (χ3n) is 3.86. The monoisotopic (exact) mass is 508 g/mol. The second kappa shape index (κ2) is 10.9. The van der Waals surface area contributed by atoms with Crippen LogP contribution >= 0.6 is 39.9 Å². The van der Waals surface area contributed by atoms with Gasteiger partial charge in [0.05, 0.1) is 6.54 Å². The highest BCUT2D eigenvalue weighted by Gasteiger charge is 2.25. The van der Waals surface area contributed by atoms with Crippen LogP contribution in [0, 0.1) is 0 Å². The molecule has 1 atom stereocenters. The molecule has 1 unspecified atom stereocenters. The van der Waals surface area contributed by atoms with Crippen molar-refractivity contribution >= 4 is 51.8 Å². The van der Waals surface area contributed by atoms with Gasteiger partial charge in [-0.2, -0.15) is 0 Å². The molecular formula is C17H26BrIN4O. The van der Waals surface area contributed by atoms with Crippen LogP contribution in [0.1, 0.15) is 32.3 Å². The summed E-state index contributed by atoms with van der Waals surface area (Å²) in [6.07, 6.45) is 1.54. The molecule has 1 amide bonds. The number of hydrogen-bond acceptors (Lipinski definition) is 2. The second-order valence-electron chi connectivity index (χ2n) is 5.64. The van der Waals surface area contributed by atoms with E-state index in [1.165, 1.54) is 5.56 Å². The van der Waals surface area contributed by atoms with Gasteiger partial charge in [0.15, 0.2) is 5.96 Å². The summed E-state index contributed by atoms with van der Waals surface area (Å²) in [4.78, 5) is 18.3. The smallest absolute Gasteiger partial charge is 0.222 e. The summed E-state index contributed by atoms with van der Waals surface area (Å²) in [6, 6.07) is 8.45. The molecule has 1 fully saturated rings. The number of amides is 1. The number of halogens is 2. The van der Waals surface area contributed by atoms with Gasteiger partial charge in [0.25, 0.3) is 0 Å². The van der Waals surface area contributed by atoms with Gasteiger partial charge in [0, 0.05) is 36.6 Å². The molecule has 2 N–H and O–H groups in total. The van der Waals surface area contributed by atoms with Gasteiger partial charge in [-0.3, -0.25) is 4.79 Å². The van der Waals surface area contributed by atoms with Gasteiger partial charge in [0.2, 0.25) is 5.91 Å². The minimum Gasteiger partial charge on any atom is -0.357 e. The van der Waals surface area contributed by atoms with Crippen molar-refractivity contribution in [2.75, 3.05) is 19.6 Å². The molecule has 1 aromatic carbocycles.